The fourth-order valence-electron chi connectivity index (χ4n) is 5.28. The van der Waals surface area contributed by atoms with Gasteiger partial charge in [-0.3, -0.25) is 0 Å². The summed E-state index contributed by atoms with van der Waals surface area (Å²) < 4.78 is 67.2. The Balaban J connectivity index is 1.29. The molecule has 2 aromatic heterocycles. The van der Waals surface area contributed by atoms with Crippen LogP contribution in [0.4, 0.5) is 17.6 Å². The molecule has 2 N–H and O–H groups in total. The third-order valence-electron chi connectivity index (χ3n) is 7.49. The molecular formula is C32H23F4N5O3. The average molecular weight is 602 g/mol. The molecule has 3 aromatic carbocycles. The number of hydrogen-bond acceptors (Lipinski definition) is 6. The van der Waals surface area contributed by atoms with Gasteiger partial charge in [0.1, 0.15) is 36.1 Å². The van der Waals surface area contributed by atoms with E-state index in [2.05, 4.69) is 15.3 Å². The quantitative estimate of drug-likeness (QED) is 0.218. The van der Waals surface area contributed by atoms with E-state index in [1.54, 1.807) is 4.57 Å². The summed E-state index contributed by atoms with van der Waals surface area (Å²) in [6.45, 7) is 0.155. The van der Waals surface area contributed by atoms with Crippen LogP contribution >= 0.6 is 0 Å². The third kappa shape index (κ3) is 5.57. The predicted molar refractivity (Wildman–Crippen MR) is 151 cm³/mol. The molecule has 1 aliphatic heterocycles. The number of carboxylic acids is 1. The van der Waals surface area contributed by atoms with Crippen LogP contribution in [0.15, 0.2) is 66.7 Å². The molecule has 0 bridgehead atoms. The number of hydrogen-bond donors (Lipinski definition) is 2. The smallest absolute Gasteiger partial charge is 0.335 e. The summed E-state index contributed by atoms with van der Waals surface area (Å²) in [6.07, 6.45) is -1.48. The van der Waals surface area contributed by atoms with Gasteiger partial charge in [0.25, 0.3) is 0 Å². The first-order chi connectivity index (χ1) is 21.2. The summed E-state index contributed by atoms with van der Waals surface area (Å²) in [7, 11) is 0. The van der Waals surface area contributed by atoms with Crippen LogP contribution < -0.4 is 10.1 Å². The van der Waals surface area contributed by atoms with Crippen molar-refractivity contribution in [3.05, 3.63) is 112 Å². The second kappa shape index (κ2) is 11.8. The van der Waals surface area contributed by atoms with E-state index >= 15 is 8.78 Å². The van der Waals surface area contributed by atoms with Gasteiger partial charge in [-0.05, 0) is 54.1 Å². The first kappa shape index (κ1) is 28.8. The van der Waals surface area contributed by atoms with Gasteiger partial charge in [0, 0.05) is 36.7 Å². The Labute approximate surface area is 248 Å². The molecule has 5 aromatic rings. The zero-order valence-corrected chi connectivity index (χ0v) is 22.9. The number of fused-ring (bicyclic) bond motifs is 1. The van der Waals surface area contributed by atoms with E-state index in [4.69, 9.17) is 10.00 Å². The number of carbonyl (C=O) groups is 1. The van der Waals surface area contributed by atoms with Gasteiger partial charge in [0.15, 0.2) is 0 Å². The molecule has 1 unspecified atom stereocenters. The van der Waals surface area contributed by atoms with Gasteiger partial charge in [-0.2, -0.15) is 5.26 Å². The number of rotatable bonds is 8. The van der Waals surface area contributed by atoms with Gasteiger partial charge in [0.2, 0.25) is 5.88 Å². The van der Waals surface area contributed by atoms with Gasteiger partial charge in [-0.25, -0.2) is 32.3 Å². The number of nitrogens with zero attached hydrogens (tertiary/aromatic N) is 4. The summed E-state index contributed by atoms with van der Waals surface area (Å²) in [4.78, 5) is 20.4. The Kier molecular flexibility index (Phi) is 7.71. The number of ether oxygens (including phenoxy) is 1. The predicted octanol–water partition coefficient (Wildman–Crippen LogP) is 5.74. The number of nitriles is 1. The first-order valence-corrected chi connectivity index (χ1v) is 13.6. The van der Waals surface area contributed by atoms with Crippen LogP contribution in [0, 0.1) is 28.8 Å². The summed E-state index contributed by atoms with van der Waals surface area (Å²) in [5.74, 6) is -2.99. The van der Waals surface area contributed by atoms with Crippen molar-refractivity contribution in [2.75, 3.05) is 13.1 Å². The van der Waals surface area contributed by atoms with Crippen LogP contribution in [-0.2, 0) is 13.0 Å². The number of halogens is 4. The SMILES string of the molecule is N#Cc1ccc(COc2cccc(-c3cc(F)c(Cc4nc5ccc(C(=O)O)cc5n4C4CNC[C@H]4F)cc3F)n2)c(F)c1. The number of alkyl halides is 1. The highest BCUT2D eigenvalue weighted by Gasteiger charge is 2.32. The molecule has 0 radical (unpaired) electrons. The van der Waals surface area contributed by atoms with E-state index in [-0.39, 0.29) is 71.3 Å². The lowest BCUT2D eigenvalue weighted by Gasteiger charge is -2.19. The molecule has 0 aliphatic carbocycles. The molecule has 6 rings (SSSR count). The van der Waals surface area contributed by atoms with Crippen LogP contribution in [0.1, 0.15) is 38.9 Å². The Bertz CT molecular complexity index is 1960. The van der Waals surface area contributed by atoms with Crippen LogP contribution in [0.25, 0.3) is 22.3 Å². The van der Waals surface area contributed by atoms with E-state index in [1.807, 2.05) is 6.07 Å². The highest BCUT2D eigenvalue weighted by molar-refractivity contribution is 5.92. The van der Waals surface area contributed by atoms with Crippen LogP contribution in [0.2, 0.25) is 0 Å². The van der Waals surface area contributed by atoms with Gasteiger partial charge >= 0.3 is 5.97 Å². The second-order valence-electron chi connectivity index (χ2n) is 10.3. The minimum Gasteiger partial charge on any atom is -0.478 e. The zero-order chi connectivity index (χ0) is 31.0. The van der Waals surface area contributed by atoms with Crippen molar-refractivity contribution in [1.29, 1.82) is 5.26 Å². The number of imidazole rings is 1. The van der Waals surface area contributed by atoms with Gasteiger partial charge in [-0.1, -0.05) is 12.1 Å². The number of pyridine rings is 1. The molecule has 0 amide bonds. The summed E-state index contributed by atoms with van der Waals surface area (Å²) >= 11 is 0. The van der Waals surface area contributed by atoms with Crippen molar-refractivity contribution in [1.82, 2.24) is 19.9 Å². The monoisotopic (exact) mass is 601 g/mol. The Morgan fingerprint density at radius 1 is 1.00 bits per heavy atom. The standard InChI is InChI=1S/C32H23F4N5O3/c33-22-8-17(13-37)4-5-19(22)16-44-31-3-1-2-26(40-31)21-12-23(34)20(9-24(21)35)11-30-39-27-7-6-18(32(42)43)10-28(27)41(30)29-15-38-14-25(29)36/h1-10,12,25,29,38H,11,14-16H2,(H,42,43)/t25-,29?/m1/s1. The Hall–Kier alpha value is -5.28. The zero-order valence-electron chi connectivity index (χ0n) is 22.9. The highest BCUT2D eigenvalue weighted by Crippen LogP contribution is 2.31. The van der Waals surface area contributed by atoms with Crippen LogP contribution in [0.5, 0.6) is 5.88 Å². The largest absolute Gasteiger partial charge is 0.478 e. The number of aromatic carboxylic acids is 1. The minimum absolute atomic E-state index is 0.00566. The lowest BCUT2D eigenvalue weighted by molar-refractivity contribution is 0.0697. The number of benzene rings is 3. The van der Waals surface area contributed by atoms with E-state index in [0.717, 1.165) is 18.2 Å². The molecule has 44 heavy (non-hydrogen) atoms. The summed E-state index contributed by atoms with van der Waals surface area (Å²) in [6, 6.07) is 15.9. The second-order valence-corrected chi connectivity index (χ2v) is 10.3. The van der Waals surface area contributed by atoms with E-state index in [1.165, 1.54) is 48.5 Å². The molecular weight excluding hydrogens is 578 g/mol. The topological polar surface area (TPSA) is 113 Å². The fourth-order valence-corrected chi connectivity index (χ4v) is 5.28. The van der Waals surface area contributed by atoms with E-state index in [9.17, 15) is 18.7 Å². The molecule has 1 fully saturated rings. The van der Waals surface area contributed by atoms with Crippen molar-refractivity contribution in [2.45, 2.75) is 25.2 Å². The number of carboxylic acid groups (broad SMARTS) is 1. The van der Waals surface area contributed by atoms with Crippen molar-refractivity contribution >= 4 is 17.0 Å². The third-order valence-corrected chi connectivity index (χ3v) is 7.49. The maximum absolute atomic E-state index is 15.5. The normalized spacial score (nSPS) is 16.2. The van der Waals surface area contributed by atoms with Crippen molar-refractivity contribution in [3.8, 4) is 23.2 Å². The molecule has 1 aliphatic rings. The van der Waals surface area contributed by atoms with Crippen LogP contribution in [-0.4, -0.2) is 44.9 Å². The maximum Gasteiger partial charge on any atom is 0.335 e. The molecule has 222 valence electrons. The minimum atomic E-state index is -1.29. The number of nitrogens with one attached hydrogen (secondary N) is 1. The molecule has 3 heterocycles. The molecule has 2 atom stereocenters. The summed E-state index contributed by atoms with van der Waals surface area (Å²) in [5.41, 5.74) is 1.05. The highest BCUT2D eigenvalue weighted by atomic mass is 19.1. The molecule has 0 saturated carbocycles. The molecule has 12 heteroatoms. The molecule has 1 saturated heterocycles. The fraction of sp³-hybridized carbons (Fsp3) is 0.188. The Morgan fingerprint density at radius 3 is 2.55 bits per heavy atom. The average Bonchev–Trinajstić information content (AvgIpc) is 3.59. The van der Waals surface area contributed by atoms with E-state index < -0.39 is 35.6 Å². The summed E-state index contributed by atoms with van der Waals surface area (Å²) in [5, 5.41) is 21.3. The first-order valence-electron chi connectivity index (χ1n) is 13.6. The Morgan fingerprint density at radius 2 is 1.82 bits per heavy atom. The van der Waals surface area contributed by atoms with Crippen molar-refractivity contribution < 1.29 is 32.2 Å². The van der Waals surface area contributed by atoms with Crippen molar-refractivity contribution in [3.63, 3.8) is 0 Å². The lowest BCUT2D eigenvalue weighted by Crippen LogP contribution is -2.21. The number of aromatic nitrogens is 3. The van der Waals surface area contributed by atoms with Crippen LogP contribution in [0.3, 0.4) is 0 Å². The van der Waals surface area contributed by atoms with Gasteiger partial charge < -0.3 is 19.7 Å². The lowest BCUT2D eigenvalue weighted by atomic mass is 10.0. The van der Waals surface area contributed by atoms with E-state index in [0.29, 0.717) is 11.0 Å². The maximum atomic E-state index is 15.5. The molecule has 8 nitrogen and oxygen atoms in total. The van der Waals surface area contributed by atoms with Gasteiger partial charge in [-0.15, -0.1) is 0 Å². The molecule has 0 spiro atoms. The van der Waals surface area contributed by atoms with Gasteiger partial charge in [0.05, 0.1) is 40.0 Å². The van der Waals surface area contributed by atoms with Crippen molar-refractivity contribution in [2.24, 2.45) is 0 Å².